The average molecular weight is 344 g/mol. The van der Waals surface area contributed by atoms with Crippen molar-refractivity contribution in [3.63, 3.8) is 0 Å². The summed E-state index contributed by atoms with van der Waals surface area (Å²) in [7, 11) is 0. The number of primary amides is 1. The smallest absolute Gasteiger partial charge is 0.286 e. The zero-order valence-corrected chi connectivity index (χ0v) is 13.2. The summed E-state index contributed by atoms with van der Waals surface area (Å²) in [6, 6.07) is 10.5. The van der Waals surface area contributed by atoms with Crippen molar-refractivity contribution in [2.24, 2.45) is 5.73 Å². The molecule has 0 aliphatic rings. The predicted molar refractivity (Wildman–Crippen MR) is 88.1 cm³/mol. The number of benzene rings is 2. The van der Waals surface area contributed by atoms with Gasteiger partial charge in [0.05, 0.1) is 11.3 Å². The van der Waals surface area contributed by atoms with Crippen LogP contribution in [0.25, 0.3) is 11.0 Å². The minimum absolute atomic E-state index is 0.0695. The highest BCUT2D eigenvalue weighted by Crippen LogP contribution is 2.34. The van der Waals surface area contributed by atoms with Gasteiger partial charge in [0, 0.05) is 6.07 Å². The lowest BCUT2D eigenvalue weighted by atomic mass is 10.0. The summed E-state index contributed by atoms with van der Waals surface area (Å²) in [6.07, 6.45) is 0. The van der Waals surface area contributed by atoms with E-state index in [0.29, 0.717) is 6.07 Å². The van der Waals surface area contributed by atoms with Gasteiger partial charge in [-0.05, 0) is 18.6 Å². The Morgan fingerprint density at radius 1 is 1.16 bits per heavy atom. The molecule has 1 unspecified atom stereocenters. The van der Waals surface area contributed by atoms with Crippen molar-refractivity contribution >= 4 is 28.5 Å². The van der Waals surface area contributed by atoms with Crippen molar-refractivity contribution in [2.75, 3.05) is 5.32 Å². The predicted octanol–water partition coefficient (Wildman–Crippen LogP) is 3.55. The lowest BCUT2D eigenvalue weighted by Gasteiger charge is -2.12. The molecular formula is C18H14F2N2O3. The fourth-order valence-electron chi connectivity index (χ4n) is 2.55. The largest absolute Gasteiger partial charge is 0.446 e. The van der Waals surface area contributed by atoms with Crippen LogP contribution >= 0.6 is 0 Å². The van der Waals surface area contributed by atoms with Crippen LogP contribution in [-0.2, 0) is 4.79 Å². The summed E-state index contributed by atoms with van der Waals surface area (Å²) < 4.78 is 32.5. The van der Waals surface area contributed by atoms with E-state index in [9.17, 15) is 18.4 Å². The molecule has 5 nitrogen and oxygen atoms in total. The first-order valence-corrected chi connectivity index (χ1v) is 7.45. The Morgan fingerprint density at radius 2 is 1.84 bits per heavy atom. The third-order valence-corrected chi connectivity index (χ3v) is 3.87. The van der Waals surface area contributed by atoms with Gasteiger partial charge < -0.3 is 15.5 Å². The zero-order chi connectivity index (χ0) is 18.1. The molecule has 2 amide bonds. The number of hydrogen-bond acceptors (Lipinski definition) is 3. The van der Waals surface area contributed by atoms with Crippen molar-refractivity contribution in [3.8, 4) is 0 Å². The molecule has 3 N–H and O–H groups in total. The fourth-order valence-corrected chi connectivity index (χ4v) is 2.55. The van der Waals surface area contributed by atoms with Crippen LogP contribution in [0.15, 0.2) is 46.9 Å². The van der Waals surface area contributed by atoms with Gasteiger partial charge in [-0.3, -0.25) is 9.59 Å². The Balaban J connectivity index is 2.04. The molecule has 0 saturated heterocycles. The molecule has 0 aliphatic carbocycles. The summed E-state index contributed by atoms with van der Waals surface area (Å²) >= 11 is 0. The van der Waals surface area contributed by atoms with Gasteiger partial charge in [-0.1, -0.05) is 30.3 Å². The van der Waals surface area contributed by atoms with E-state index in [4.69, 9.17) is 10.2 Å². The van der Waals surface area contributed by atoms with Crippen molar-refractivity contribution in [1.29, 1.82) is 0 Å². The van der Waals surface area contributed by atoms with E-state index in [-0.39, 0.29) is 16.7 Å². The topological polar surface area (TPSA) is 85.3 Å². The summed E-state index contributed by atoms with van der Waals surface area (Å²) in [5.41, 5.74) is 5.48. The van der Waals surface area contributed by atoms with Crippen LogP contribution in [-0.4, -0.2) is 11.8 Å². The van der Waals surface area contributed by atoms with Crippen molar-refractivity contribution in [2.45, 2.75) is 12.8 Å². The highest BCUT2D eigenvalue weighted by atomic mass is 19.1. The second-order valence-electron chi connectivity index (χ2n) is 5.56. The number of amides is 2. The van der Waals surface area contributed by atoms with Crippen LogP contribution in [0.5, 0.6) is 0 Å². The van der Waals surface area contributed by atoms with E-state index in [0.717, 1.165) is 11.6 Å². The highest BCUT2D eigenvalue weighted by Gasteiger charge is 2.25. The average Bonchev–Trinajstić information content (AvgIpc) is 2.94. The molecule has 1 aromatic heterocycles. The number of nitrogens with two attached hydrogens (primary N) is 1. The first-order chi connectivity index (χ1) is 11.9. The molecule has 128 valence electrons. The number of anilines is 1. The van der Waals surface area contributed by atoms with Gasteiger partial charge in [0.1, 0.15) is 11.5 Å². The Morgan fingerprint density at radius 3 is 2.48 bits per heavy atom. The maximum absolute atomic E-state index is 13.9. The molecule has 0 bridgehead atoms. The van der Waals surface area contributed by atoms with Crippen molar-refractivity contribution < 1.29 is 22.8 Å². The van der Waals surface area contributed by atoms with Gasteiger partial charge in [-0.25, -0.2) is 8.78 Å². The molecule has 7 heteroatoms. The molecule has 1 heterocycles. The van der Waals surface area contributed by atoms with Gasteiger partial charge in [0.2, 0.25) is 11.7 Å². The summed E-state index contributed by atoms with van der Waals surface area (Å²) in [4.78, 5) is 24.1. The molecule has 1 atom stereocenters. The van der Waals surface area contributed by atoms with Crippen LogP contribution in [0.1, 0.15) is 29.0 Å². The second-order valence-corrected chi connectivity index (χ2v) is 5.56. The molecule has 0 radical (unpaired) electrons. The molecule has 3 rings (SSSR count). The summed E-state index contributed by atoms with van der Waals surface area (Å²) in [5, 5.41) is 2.43. The molecule has 2 aromatic carbocycles. The monoisotopic (exact) mass is 344 g/mol. The normalized spacial score (nSPS) is 12.1. The zero-order valence-electron chi connectivity index (χ0n) is 13.2. The Kier molecular flexibility index (Phi) is 4.22. The van der Waals surface area contributed by atoms with Crippen LogP contribution in [0.4, 0.5) is 14.5 Å². The number of furan rings is 1. The molecular weight excluding hydrogens is 330 g/mol. The number of carbonyl (C=O) groups is 2. The minimum Gasteiger partial charge on any atom is -0.446 e. The third kappa shape index (κ3) is 3.08. The van der Waals surface area contributed by atoms with Crippen LogP contribution < -0.4 is 11.1 Å². The number of hydrogen-bond donors (Lipinski definition) is 2. The van der Waals surface area contributed by atoms with Crippen LogP contribution in [0.3, 0.4) is 0 Å². The Hall–Kier alpha value is -3.22. The van der Waals surface area contributed by atoms with E-state index in [1.807, 2.05) is 6.07 Å². The quantitative estimate of drug-likeness (QED) is 0.759. The number of halogens is 2. The number of carbonyl (C=O) groups excluding carboxylic acids is 2. The summed E-state index contributed by atoms with van der Waals surface area (Å²) in [5.74, 6) is -4.33. The van der Waals surface area contributed by atoms with Crippen LogP contribution in [0.2, 0.25) is 0 Å². The van der Waals surface area contributed by atoms with Gasteiger partial charge in [0.25, 0.3) is 5.91 Å². The van der Waals surface area contributed by atoms with E-state index >= 15 is 0 Å². The molecule has 0 fully saturated rings. The van der Waals surface area contributed by atoms with E-state index in [2.05, 4.69) is 5.32 Å². The number of fused-ring (bicyclic) bond motifs is 1. The molecule has 0 aliphatic heterocycles. The molecule has 0 saturated carbocycles. The lowest BCUT2D eigenvalue weighted by Crippen LogP contribution is -2.21. The first-order valence-electron chi connectivity index (χ1n) is 7.45. The van der Waals surface area contributed by atoms with Gasteiger partial charge >= 0.3 is 0 Å². The third-order valence-electron chi connectivity index (χ3n) is 3.87. The second kappa shape index (κ2) is 6.35. The van der Waals surface area contributed by atoms with Crippen molar-refractivity contribution in [1.82, 2.24) is 0 Å². The van der Waals surface area contributed by atoms with Gasteiger partial charge in [-0.2, -0.15) is 0 Å². The lowest BCUT2D eigenvalue weighted by molar-refractivity contribution is -0.117. The van der Waals surface area contributed by atoms with Gasteiger partial charge in [-0.15, -0.1) is 0 Å². The van der Waals surface area contributed by atoms with E-state index in [1.165, 1.54) is 0 Å². The summed E-state index contributed by atoms with van der Waals surface area (Å²) in [6.45, 7) is 1.66. The standard InChI is InChI=1S/C18H14F2N2O3/c1-9(10-5-3-2-4-6-10)18(24)22-14-12-7-11(19)8-13(20)15(12)25-16(14)17(21)23/h2-9H,1H3,(H2,21,23)(H,22,24). The maximum atomic E-state index is 13.9. The first kappa shape index (κ1) is 16.6. The minimum atomic E-state index is -1.00. The fraction of sp³-hybridized carbons (Fsp3) is 0.111. The molecule has 25 heavy (non-hydrogen) atoms. The Bertz CT molecular complexity index is 967. The van der Waals surface area contributed by atoms with Crippen LogP contribution in [0, 0.1) is 11.6 Å². The number of nitrogens with one attached hydrogen (secondary N) is 1. The molecule has 3 aromatic rings. The van der Waals surface area contributed by atoms with Gasteiger partial charge in [0.15, 0.2) is 11.4 Å². The van der Waals surface area contributed by atoms with Crippen molar-refractivity contribution in [3.05, 3.63) is 65.4 Å². The van der Waals surface area contributed by atoms with E-state index < -0.39 is 35.1 Å². The van der Waals surface area contributed by atoms with E-state index in [1.54, 1.807) is 31.2 Å². The number of rotatable bonds is 4. The SMILES string of the molecule is CC(C(=O)Nc1c(C(N)=O)oc2c(F)cc(F)cc12)c1ccccc1. The highest BCUT2D eigenvalue weighted by molar-refractivity contribution is 6.11. The Labute approximate surface area is 141 Å². The maximum Gasteiger partial charge on any atom is 0.286 e. The molecule has 0 spiro atoms.